The van der Waals surface area contributed by atoms with Crippen molar-refractivity contribution in [1.29, 1.82) is 0 Å². The number of nitro groups is 1. The number of rotatable bonds is 7. The van der Waals surface area contributed by atoms with E-state index < -0.39 is 16.7 Å². The Bertz CT molecular complexity index is 930. The van der Waals surface area contributed by atoms with Gasteiger partial charge in [-0.1, -0.05) is 12.1 Å². The van der Waals surface area contributed by atoms with Crippen LogP contribution in [0.25, 0.3) is 0 Å². The lowest BCUT2D eigenvalue weighted by molar-refractivity contribution is -0.383. The lowest BCUT2D eigenvalue weighted by atomic mass is 10.2. The second-order valence-corrected chi connectivity index (χ2v) is 7.14. The quantitative estimate of drug-likeness (QED) is 0.302. The smallest absolute Gasteiger partial charge is 0.313 e. The Hall–Kier alpha value is -3.53. The molecule has 0 unspecified atom stereocenters. The third-order valence-corrected chi connectivity index (χ3v) is 5.06. The molecular formula is C21H24FN5O4. The van der Waals surface area contributed by atoms with E-state index in [-0.39, 0.29) is 17.2 Å². The van der Waals surface area contributed by atoms with Crippen LogP contribution in [0.2, 0.25) is 0 Å². The molecular weight excluding hydrogens is 405 g/mol. The Labute approximate surface area is 179 Å². The highest BCUT2D eigenvalue weighted by molar-refractivity contribution is 6.39. The molecule has 0 aliphatic carbocycles. The molecule has 0 bridgehead atoms. The highest BCUT2D eigenvalue weighted by Crippen LogP contribution is 2.23. The topological polar surface area (TPSA) is 108 Å². The van der Waals surface area contributed by atoms with Gasteiger partial charge in [-0.3, -0.25) is 24.6 Å². The number of hydrogen-bond acceptors (Lipinski definition) is 6. The van der Waals surface area contributed by atoms with Crippen molar-refractivity contribution in [3.63, 3.8) is 0 Å². The van der Waals surface area contributed by atoms with Crippen LogP contribution in [0.4, 0.5) is 21.5 Å². The molecule has 2 aromatic carbocycles. The molecule has 1 aliphatic rings. The molecule has 164 valence electrons. The van der Waals surface area contributed by atoms with Crippen molar-refractivity contribution in [2.24, 2.45) is 0 Å². The van der Waals surface area contributed by atoms with Gasteiger partial charge in [-0.15, -0.1) is 0 Å². The van der Waals surface area contributed by atoms with Crippen molar-refractivity contribution < 1.29 is 18.9 Å². The van der Waals surface area contributed by atoms with Crippen LogP contribution in [0.1, 0.15) is 6.42 Å². The average molecular weight is 429 g/mol. The number of halogens is 1. The number of carbonyl (C=O) groups is 2. The molecule has 1 aliphatic heterocycles. The molecule has 0 aromatic heterocycles. The Morgan fingerprint density at radius 2 is 1.68 bits per heavy atom. The lowest BCUT2D eigenvalue weighted by Gasteiger charge is -2.36. The van der Waals surface area contributed by atoms with E-state index in [9.17, 15) is 24.1 Å². The normalized spacial score (nSPS) is 14.2. The first-order valence-electron chi connectivity index (χ1n) is 9.99. The Kier molecular flexibility index (Phi) is 7.50. The van der Waals surface area contributed by atoms with Crippen molar-refractivity contribution in [2.45, 2.75) is 6.42 Å². The third-order valence-electron chi connectivity index (χ3n) is 5.06. The van der Waals surface area contributed by atoms with Crippen molar-refractivity contribution >= 4 is 28.9 Å². The van der Waals surface area contributed by atoms with E-state index in [1.807, 2.05) is 0 Å². The molecule has 2 amide bonds. The number of nitrogens with one attached hydrogen (secondary N) is 2. The van der Waals surface area contributed by atoms with Gasteiger partial charge in [0.05, 0.1) is 4.92 Å². The monoisotopic (exact) mass is 429 g/mol. The molecule has 1 fully saturated rings. The van der Waals surface area contributed by atoms with E-state index >= 15 is 0 Å². The van der Waals surface area contributed by atoms with E-state index in [0.29, 0.717) is 13.0 Å². The molecule has 0 spiro atoms. The number of nitro benzene ring substituents is 1. The van der Waals surface area contributed by atoms with E-state index in [4.69, 9.17) is 0 Å². The number of piperazine rings is 1. The Balaban J connectivity index is 1.35. The van der Waals surface area contributed by atoms with Crippen LogP contribution in [0, 0.1) is 15.9 Å². The van der Waals surface area contributed by atoms with E-state index in [0.717, 1.165) is 38.4 Å². The molecule has 31 heavy (non-hydrogen) atoms. The SMILES string of the molecule is O=C(NCCCN1CCN(c2ccc(F)cc2)CC1)C(=O)Nc1ccccc1[N+](=O)[O-]. The minimum Gasteiger partial charge on any atom is -0.369 e. The molecule has 0 radical (unpaired) electrons. The summed E-state index contributed by atoms with van der Waals surface area (Å²) in [5, 5.41) is 15.8. The summed E-state index contributed by atoms with van der Waals surface area (Å²) in [5.41, 5.74) is 0.702. The summed E-state index contributed by atoms with van der Waals surface area (Å²) >= 11 is 0. The highest BCUT2D eigenvalue weighted by atomic mass is 19.1. The second-order valence-electron chi connectivity index (χ2n) is 7.14. The summed E-state index contributed by atoms with van der Waals surface area (Å²) in [7, 11) is 0. The fraction of sp³-hybridized carbons (Fsp3) is 0.333. The van der Waals surface area contributed by atoms with Crippen molar-refractivity contribution in [1.82, 2.24) is 10.2 Å². The number of benzene rings is 2. The number of hydrogen-bond donors (Lipinski definition) is 2. The molecule has 9 nitrogen and oxygen atoms in total. The first kappa shape index (κ1) is 22.2. The standard InChI is InChI=1S/C21H24FN5O4/c22-16-6-8-17(9-7-16)26-14-12-25(13-15-26)11-3-10-23-20(28)21(29)24-18-4-1-2-5-19(18)27(30)31/h1-2,4-9H,3,10-15H2,(H,23,28)(H,24,29). The maximum Gasteiger partial charge on any atom is 0.313 e. The fourth-order valence-electron chi connectivity index (χ4n) is 3.38. The van der Waals surface area contributed by atoms with Gasteiger partial charge in [0.2, 0.25) is 0 Å². The average Bonchev–Trinajstić information content (AvgIpc) is 2.77. The molecule has 10 heteroatoms. The molecule has 2 N–H and O–H groups in total. The van der Waals surface area contributed by atoms with Crippen LogP contribution >= 0.6 is 0 Å². The van der Waals surface area contributed by atoms with Gasteiger partial charge in [-0.05, 0) is 43.3 Å². The van der Waals surface area contributed by atoms with Crippen molar-refractivity contribution in [2.75, 3.05) is 49.5 Å². The predicted molar refractivity (Wildman–Crippen MR) is 114 cm³/mol. The Morgan fingerprint density at radius 1 is 1.00 bits per heavy atom. The minimum atomic E-state index is -0.942. The zero-order valence-corrected chi connectivity index (χ0v) is 16.9. The zero-order chi connectivity index (χ0) is 22.2. The van der Waals surface area contributed by atoms with Gasteiger partial charge in [0, 0.05) is 44.5 Å². The molecule has 2 aromatic rings. The summed E-state index contributed by atoms with van der Waals surface area (Å²) in [6.45, 7) is 4.45. The summed E-state index contributed by atoms with van der Waals surface area (Å²) in [6.07, 6.45) is 0.668. The molecule has 0 atom stereocenters. The van der Waals surface area contributed by atoms with Gasteiger partial charge in [0.1, 0.15) is 11.5 Å². The lowest BCUT2D eigenvalue weighted by Crippen LogP contribution is -2.47. The maximum atomic E-state index is 13.0. The van der Waals surface area contributed by atoms with Gasteiger partial charge in [0.15, 0.2) is 0 Å². The van der Waals surface area contributed by atoms with Crippen molar-refractivity contribution in [3.05, 3.63) is 64.5 Å². The van der Waals surface area contributed by atoms with Crippen LogP contribution in [-0.4, -0.2) is 60.9 Å². The van der Waals surface area contributed by atoms with Gasteiger partial charge in [0.25, 0.3) is 5.69 Å². The van der Waals surface area contributed by atoms with E-state index in [2.05, 4.69) is 20.4 Å². The van der Waals surface area contributed by atoms with Crippen LogP contribution < -0.4 is 15.5 Å². The van der Waals surface area contributed by atoms with Gasteiger partial charge in [-0.2, -0.15) is 0 Å². The fourth-order valence-corrected chi connectivity index (χ4v) is 3.38. The minimum absolute atomic E-state index is 0.0216. The molecule has 1 heterocycles. The van der Waals surface area contributed by atoms with Gasteiger partial charge < -0.3 is 15.5 Å². The maximum absolute atomic E-state index is 13.0. The van der Waals surface area contributed by atoms with Gasteiger partial charge >= 0.3 is 11.8 Å². The largest absolute Gasteiger partial charge is 0.369 e. The number of nitrogens with zero attached hydrogens (tertiary/aromatic N) is 3. The van der Waals surface area contributed by atoms with Gasteiger partial charge in [-0.25, -0.2) is 4.39 Å². The second kappa shape index (κ2) is 10.5. The number of amides is 2. The van der Waals surface area contributed by atoms with Crippen LogP contribution in [-0.2, 0) is 9.59 Å². The van der Waals surface area contributed by atoms with Crippen LogP contribution in [0.5, 0.6) is 0 Å². The summed E-state index contributed by atoms with van der Waals surface area (Å²) in [5.74, 6) is -2.03. The summed E-state index contributed by atoms with van der Waals surface area (Å²) < 4.78 is 13.0. The summed E-state index contributed by atoms with van der Waals surface area (Å²) in [4.78, 5) is 38.8. The van der Waals surface area contributed by atoms with Crippen LogP contribution in [0.3, 0.4) is 0 Å². The van der Waals surface area contributed by atoms with E-state index in [1.54, 1.807) is 12.1 Å². The van der Waals surface area contributed by atoms with E-state index in [1.165, 1.54) is 36.4 Å². The first-order chi connectivity index (χ1) is 14.9. The molecule has 0 saturated carbocycles. The number of carbonyl (C=O) groups excluding carboxylic acids is 2. The zero-order valence-electron chi connectivity index (χ0n) is 16.9. The predicted octanol–water partition coefficient (Wildman–Crippen LogP) is 2.00. The third kappa shape index (κ3) is 6.22. The van der Waals surface area contributed by atoms with Crippen molar-refractivity contribution in [3.8, 4) is 0 Å². The number of anilines is 2. The molecule has 3 rings (SSSR count). The first-order valence-corrected chi connectivity index (χ1v) is 9.99. The Morgan fingerprint density at radius 3 is 2.35 bits per heavy atom. The molecule has 1 saturated heterocycles. The number of para-hydroxylation sites is 2. The summed E-state index contributed by atoms with van der Waals surface area (Å²) in [6, 6.07) is 12.1. The van der Waals surface area contributed by atoms with Crippen LogP contribution in [0.15, 0.2) is 48.5 Å². The highest BCUT2D eigenvalue weighted by Gasteiger charge is 2.20.